The standard InChI is InChI=1S/C61H54N5OS/c1-59(2,3)42-26-27-63-55(33-42)66-53-35-47(23-24-50(53)58-57(66)56-49-15-11-10-14-40(49)22-25-54(56)68-58)67-48-29-41(39-20-18-38(36-62)19-21-39)28-45(34-48)64-37-65(52-17-13-12-16-51(52)64)46-31-43(60(4,5)6)30-44(32-46)61(7,8)9/h10-35,37H,1-9H3/q+1. The molecule has 0 amide bonds. The fraction of sp³-hybridized carbons (Fsp3) is 0.197. The minimum absolute atomic E-state index is 0.0357. The van der Waals surface area contributed by atoms with Gasteiger partial charge in [0, 0.05) is 33.8 Å². The van der Waals surface area contributed by atoms with Crippen LogP contribution in [0.25, 0.3) is 81.3 Å². The number of nitriles is 1. The fourth-order valence-electron chi connectivity index (χ4n) is 9.53. The van der Waals surface area contributed by atoms with Crippen LogP contribution in [0.3, 0.4) is 0 Å². The van der Waals surface area contributed by atoms with Crippen LogP contribution in [0.1, 0.15) is 84.6 Å². The maximum Gasteiger partial charge on any atom is 0.255 e. The van der Waals surface area contributed by atoms with Gasteiger partial charge in [0.1, 0.15) is 28.7 Å². The van der Waals surface area contributed by atoms with Gasteiger partial charge in [-0.05, 0) is 134 Å². The first kappa shape index (κ1) is 43.1. The summed E-state index contributed by atoms with van der Waals surface area (Å²) < 4.78 is 16.5. The lowest BCUT2D eigenvalue weighted by Gasteiger charge is -2.25. The Balaban J connectivity index is 1.11. The van der Waals surface area contributed by atoms with Crippen molar-refractivity contribution in [3.8, 4) is 45.9 Å². The molecule has 0 spiro atoms. The highest BCUT2D eigenvalue weighted by molar-refractivity contribution is 7.27. The summed E-state index contributed by atoms with van der Waals surface area (Å²) in [7, 11) is 0. The summed E-state index contributed by atoms with van der Waals surface area (Å²) in [6, 6.07) is 56.1. The number of aromatic nitrogens is 4. The molecule has 0 saturated heterocycles. The minimum atomic E-state index is -0.0642. The summed E-state index contributed by atoms with van der Waals surface area (Å²) in [6.45, 7) is 20.4. The molecule has 0 atom stereocenters. The summed E-state index contributed by atoms with van der Waals surface area (Å²) >= 11 is 1.83. The second-order valence-corrected chi connectivity index (χ2v) is 22.3. The van der Waals surface area contributed by atoms with Crippen LogP contribution in [0.4, 0.5) is 0 Å². The van der Waals surface area contributed by atoms with E-state index < -0.39 is 0 Å². The molecule has 11 rings (SSSR count). The lowest BCUT2D eigenvalue weighted by atomic mass is 9.80. The Morgan fingerprint density at radius 1 is 0.603 bits per heavy atom. The molecule has 0 aliphatic carbocycles. The second-order valence-electron chi connectivity index (χ2n) is 21.2. The quantitative estimate of drug-likeness (QED) is 0.156. The number of pyridine rings is 1. The number of nitrogens with zero attached hydrogens (tertiary/aromatic N) is 5. The molecule has 0 N–H and O–H groups in total. The van der Waals surface area contributed by atoms with Crippen LogP contribution >= 0.6 is 11.3 Å². The summed E-state index contributed by atoms with van der Waals surface area (Å²) in [5, 5.41) is 14.5. The third-order valence-corrected chi connectivity index (χ3v) is 14.6. The maximum absolute atomic E-state index is 9.69. The lowest BCUT2D eigenvalue weighted by Crippen LogP contribution is -2.31. The topological polar surface area (TPSA) is 59.6 Å². The molecule has 0 bridgehead atoms. The number of hydrogen-bond acceptors (Lipinski definition) is 4. The molecular weight excluding hydrogens is 851 g/mol. The third-order valence-electron chi connectivity index (χ3n) is 13.4. The average Bonchev–Trinajstić information content (AvgIpc) is 4.00. The number of thiophene rings is 1. The normalized spacial score (nSPS) is 12.5. The van der Waals surface area contributed by atoms with Crippen LogP contribution in [-0.2, 0) is 16.2 Å². The van der Waals surface area contributed by atoms with Gasteiger partial charge in [-0.25, -0.2) is 4.98 Å². The van der Waals surface area contributed by atoms with Crippen LogP contribution in [0, 0.1) is 11.3 Å². The number of para-hydroxylation sites is 2. The molecule has 0 aliphatic heterocycles. The van der Waals surface area contributed by atoms with Gasteiger partial charge in [-0.1, -0.05) is 123 Å². The zero-order chi connectivity index (χ0) is 47.3. The molecule has 0 fully saturated rings. The number of rotatable bonds is 6. The SMILES string of the molecule is CC(C)(C)c1cc(-[n+]2cn(-c3cc(Oc4ccc5c6sc7ccc8ccccc8c7c6n(-c6cc(C(C)(C)C)ccn6)c5c4)cc(-c4ccc(C#N)cc4)c3)c3ccccc32)cc(C(C)(C)C)c1. The van der Waals surface area contributed by atoms with E-state index in [2.05, 4.69) is 216 Å². The lowest BCUT2D eigenvalue weighted by molar-refractivity contribution is -0.567. The number of ether oxygens (including phenoxy) is 1. The molecule has 6 nitrogen and oxygen atoms in total. The summed E-state index contributed by atoms with van der Waals surface area (Å²) in [6.07, 6.45) is 4.15. The van der Waals surface area contributed by atoms with Gasteiger partial charge in [-0.2, -0.15) is 14.4 Å². The highest BCUT2D eigenvalue weighted by Gasteiger charge is 2.27. The first-order chi connectivity index (χ1) is 32.5. The van der Waals surface area contributed by atoms with Gasteiger partial charge >= 0.3 is 0 Å². The second kappa shape index (κ2) is 15.8. The Bertz CT molecular complexity index is 3810. The Morgan fingerprint density at radius 3 is 2.06 bits per heavy atom. The van der Waals surface area contributed by atoms with E-state index in [0.29, 0.717) is 17.1 Å². The van der Waals surface area contributed by atoms with Crippen LogP contribution in [0.15, 0.2) is 164 Å². The number of imidazole rings is 1. The first-order valence-corrected chi connectivity index (χ1v) is 24.2. The van der Waals surface area contributed by atoms with Gasteiger partial charge < -0.3 is 4.74 Å². The van der Waals surface area contributed by atoms with E-state index in [1.165, 1.54) is 42.2 Å². The molecule has 0 unspecified atom stereocenters. The van der Waals surface area contributed by atoms with E-state index in [-0.39, 0.29) is 16.2 Å². The predicted octanol–water partition coefficient (Wildman–Crippen LogP) is 16.0. The van der Waals surface area contributed by atoms with Gasteiger partial charge in [-0.3, -0.25) is 4.57 Å². The molecule has 0 saturated carbocycles. The van der Waals surface area contributed by atoms with Gasteiger partial charge in [0.05, 0.1) is 27.4 Å². The Kier molecular flexibility index (Phi) is 10.0. The van der Waals surface area contributed by atoms with Crippen molar-refractivity contribution in [3.63, 3.8) is 0 Å². The monoisotopic (exact) mass is 904 g/mol. The van der Waals surface area contributed by atoms with Crippen molar-refractivity contribution in [3.05, 3.63) is 186 Å². The summed E-state index contributed by atoms with van der Waals surface area (Å²) in [4.78, 5) is 5.06. The largest absolute Gasteiger partial charge is 0.457 e. The van der Waals surface area contributed by atoms with E-state index >= 15 is 0 Å². The van der Waals surface area contributed by atoms with Crippen LogP contribution < -0.4 is 9.30 Å². The smallest absolute Gasteiger partial charge is 0.255 e. The Labute approximate surface area is 402 Å². The van der Waals surface area contributed by atoms with E-state index in [4.69, 9.17) is 9.72 Å². The van der Waals surface area contributed by atoms with E-state index in [9.17, 15) is 5.26 Å². The van der Waals surface area contributed by atoms with E-state index in [0.717, 1.165) is 55.8 Å². The number of hydrogen-bond donors (Lipinski definition) is 0. The Morgan fingerprint density at radius 2 is 1.32 bits per heavy atom. The molecule has 7 aromatic carbocycles. The molecule has 11 aromatic rings. The minimum Gasteiger partial charge on any atom is -0.457 e. The highest BCUT2D eigenvalue weighted by atomic mass is 32.1. The van der Waals surface area contributed by atoms with Crippen molar-refractivity contribution in [2.45, 2.75) is 78.6 Å². The Hall–Kier alpha value is -7.53. The number of fused-ring (bicyclic) bond motifs is 8. The summed E-state index contributed by atoms with van der Waals surface area (Å²) in [5.41, 5.74) is 12.7. The molecule has 0 aliphatic rings. The fourth-order valence-corrected chi connectivity index (χ4v) is 10.8. The van der Waals surface area contributed by atoms with Crippen molar-refractivity contribution in [1.29, 1.82) is 5.26 Å². The van der Waals surface area contributed by atoms with Crippen molar-refractivity contribution in [1.82, 2.24) is 14.1 Å². The molecular formula is C61H54N5OS+. The van der Waals surface area contributed by atoms with Crippen molar-refractivity contribution in [2.75, 3.05) is 0 Å². The van der Waals surface area contributed by atoms with Gasteiger partial charge in [0.25, 0.3) is 6.33 Å². The van der Waals surface area contributed by atoms with Crippen molar-refractivity contribution >= 4 is 64.3 Å². The number of benzene rings is 7. The first-order valence-electron chi connectivity index (χ1n) is 23.4. The molecule has 68 heavy (non-hydrogen) atoms. The van der Waals surface area contributed by atoms with Gasteiger partial charge in [0.15, 0.2) is 11.0 Å². The molecule has 0 radical (unpaired) electrons. The highest BCUT2D eigenvalue weighted by Crippen LogP contribution is 2.46. The molecule has 7 heteroatoms. The van der Waals surface area contributed by atoms with Crippen LogP contribution in [0.2, 0.25) is 0 Å². The van der Waals surface area contributed by atoms with Gasteiger partial charge in [0.2, 0.25) is 0 Å². The molecule has 4 heterocycles. The van der Waals surface area contributed by atoms with E-state index in [1.54, 1.807) is 0 Å². The van der Waals surface area contributed by atoms with Crippen LogP contribution in [0.5, 0.6) is 11.5 Å². The zero-order valence-corrected chi connectivity index (χ0v) is 41.0. The molecule has 4 aromatic heterocycles. The average molecular weight is 905 g/mol. The maximum atomic E-state index is 9.69. The van der Waals surface area contributed by atoms with Gasteiger partial charge in [-0.15, -0.1) is 11.3 Å². The van der Waals surface area contributed by atoms with Crippen molar-refractivity contribution < 1.29 is 9.30 Å². The predicted molar refractivity (Wildman–Crippen MR) is 283 cm³/mol. The third kappa shape index (κ3) is 7.50. The summed E-state index contributed by atoms with van der Waals surface area (Å²) in [5.74, 6) is 2.29. The van der Waals surface area contributed by atoms with Crippen molar-refractivity contribution in [2.24, 2.45) is 0 Å². The zero-order valence-electron chi connectivity index (χ0n) is 40.1. The van der Waals surface area contributed by atoms with Crippen LogP contribution in [-0.4, -0.2) is 14.1 Å². The molecule has 334 valence electrons. The van der Waals surface area contributed by atoms with E-state index in [1.807, 2.05) is 41.8 Å².